The molecule has 3 heterocycles. The fourth-order valence-corrected chi connectivity index (χ4v) is 4.20. The summed E-state index contributed by atoms with van der Waals surface area (Å²) in [6.45, 7) is 0.970. The van der Waals surface area contributed by atoms with Gasteiger partial charge in [0.1, 0.15) is 0 Å². The molecule has 0 unspecified atom stereocenters. The van der Waals surface area contributed by atoms with Crippen molar-refractivity contribution in [2.24, 2.45) is 0 Å². The molecule has 0 radical (unpaired) electrons. The second-order valence-electron chi connectivity index (χ2n) is 6.41. The van der Waals surface area contributed by atoms with Crippen molar-refractivity contribution in [1.29, 1.82) is 0 Å². The van der Waals surface area contributed by atoms with Crippen molar-refractivity contribution in [2.45, 2.75) is 18.8 Å². The molecule has 9 heteroatoms. The largest absolute Gasteiger partial charge is 0.425 e. The zero-order valence-corrected chi connectivity index (χ0v) is 15.0. The number of aromatic nitrogens is 3. The number of hydrogen-bond acceptors (Lipinski definition) is 6. The van der Waals surface area contributed by atoms with E-state index in [4.69, 9.17) is 4.42 Å². The minimum atomic E-state index is -3.14. The van der Waals surface area contributed by atoms with Crippen LogP contribution in [-0.2, 0) is 10.0 Å². The maximum atomic E-state index is 12.1. The van der Waals surface area contributed by atoms with Crippen LogP contribution in [0.15, 0.2) is 45.9 Å². The van der Waals surface area contributed by atoms with Crippen molar-refractivity contribution in [1.82, 2.24) is 18.8 Å². The van der Waals surface area contributed by atoms with Crippen molar-refractivity contribution in [3.63, 3.8) is 0 Å². The van der Waals surface area contributed by atoms with Crippen LogP contribution in [0.4, 0.5) is 0 Å². The lowest BCUT2D eigenvalue weighted by Crippen LogP contribution is -2.37. The molecule has 2 aromatic heterocycles. The van der Waals surface area contributed by atoms with Crippen LogP contribution in [0.1, 0.15) is 24.5 Å². The second-order valence-corrected chi connectivity index (χ2v) is 8.39. The Morgan fingerprint density at radius 1 is 1.12 bits per heavy atom. The Bertz CT molecular complexity index is 1090. The van der Waals surface area contributed by atoms with Crippen LogP contribution in [0.3, 0.4) is 0 Å². The van der Waals surface area contributed by atoms with Gasteiger partial charge >= 0.3 is 5.76 Å². The number of fused-ring (bicyclic) bond motifs is 1. The second kappa shape index (κ2) is 6.33. The third-order valence-electron chi connectivity index (χ3n) is 4.71. The minimum absolute atomic E-state index is 0.160. The van der Waals surface area contributed by atoms with Gasteiger partial charge in [-0.25, -0.2) is 27.1 Å². The van der Waals surface area contributed by atoms with E-state index in [1.165, 1.54) is 15.1 Å². The van der Waals surface area contributed by atoms with Gasteiger partial charge in [-0.3, -0.25) is 4.98 Å². The molecule has 1 aromatic carbocycles. The van der Waals surface area contributed by atoms with E-state index in [0.29, 0.717) is 42.8 Å². The molecule has 136 valence electrons. The first-order chi connectivity index (χ1) is 12.4. The quantitative estimate of drug-likeness (QED) is 0.689. The van der Waals surface area contributed by atoms with Gasteiger partial charge in [0.2, 0.25) is 10.0 Å². The molecule has 0 saturated carbocycles. The maximum Gasteiger partial charge on any atom is 0.425 e. The molecule has 1 aliphatic rings. The molecule has 0 aliphatic carbocycles. The van der Waals surface area contributed by atoms with E-state index in [9.17, 15) is 13.2 Å². The average molecular weight is 374 g/mol. The molecule has 3 aromatic rings. The SMILES string of the molecule is CS(=O)(=O)N1CCC(c2cnc(-n3c(=O)oc4ccccc43)cn2)CC1. The lowest BCUT2D eigenvalue weighted by molar-refractivity contribution is 0.318. The lowest BCUT2D eigenvalue weighted by atomic mass is 9.95. The van der Waals surface area contributed by atoms with E-state index in [-0.39, 0.29) is 5.92 Å². The molecular formula is C17H18N4O4S. The van der Waals surface area contributed by atoms with E-state index < -0.39 is 15.8 Å². The molecule has 0 amide bonds. The van der Waals surface area contributed by atoms with Crippen LogP contribution in [0.5, 0.6) is 0 Å². The van der Waals surface area contributed by atoms with Crippen LogP contribution >= 0.6 is 0 Å². The van der Waals surface area contributed by atoms with Gasteiger partial charge in [-0.2, -0.15) is 0 Å². The molecule has 1 aliphatic heterocycles. The van der Waals surface area contributed by atoms with Crippen molar-refractivity contribution >= 4 is 21.1 Å². The normalized spacial score (nSPS) is 17.0. The monoisotopic (exact) mass is 374 g/mol. The minimum Gasteiger partial charge on any atom is -0.407 e. The van der Waals surface area contributed by atoms with Crippen LogP contribution < -0.4 is 5.76 Å². The van der Waals surface area contributed by atoms with Crippen molar-refractivity contribution < 1.29 is 12.8 Å². The van der Waals surface area contributed by atoms with Gasteiger partial charge in [-0.15, -0.1) is 0 Å². The number of hydrogen-bond donors (Lipinski definition) is 0. The molecule has 1 saturated heterocycles. The number of sulfonamides is 1. The predicted octanol–water partition coefficient (Wildman–Crippen LogP) is 1.51. The van der Waals surface area contributed by atoms with Crippen molar-refractivity contribution in [3.8, 4) is 5.82 Å². The summed E-state index contributed by atoms with van der Waals surface area (Å²) in [5.74, 6) is 0.0550. The van der Waals surface area contributed by atoms with Crippen molar-refractivity contribution in [3.05, 3.63) is 52.9 Å². The van der Waals surface area contributed by atoms with Crippen LogP contribution in [-0.4, -0.2) is 46.6 Å². The Balaban J connectivity index is 1.58. The third kappa shape index (κ3) is 3.04. The number of oxazole rings is 1. The number of piperidine rings is 1. The summed E-state index contributed by atoms with van der Waals surface area (Å²) in [5.41, 5.74) is 1.94. The topological polar surface area (TPSA) is 98.3 Å². The number of benzene rings is 1. The molecule has 26 heavy (non-hydrogen) atoms. The van der Waals surface area contributed by atoms with E-state index in [1.807, 2.05) is 6.07 Å². The smallest absolute Gasteiger partial charge is 0.407 e. The molecule has 4 rings (SSSR count). The summed E-state index contributed by atoms with van der Waals surface area (Å²) in [7, 11) is -3.14. The predicted molar refractivity (Wildman–Crippen MR) is 95.8 cm³/mol. The van der Waals surface area contributed by atoms with Crippen LogP contribution in [0.2, 0.25) is 0 Å². The van der Waals surface area contributed by atoms with Gasteiger partial charge in [0.05, 0.1) is 29.9 Å². The zero-order valence-electron chi connectivity index (χ0n) is 14.2. The van der Waals surface area contributed by atoms with Crippen molar-refractivity contribution in [2.75, 3.05) is 19.3 Å². The highest BCUT2D eigenvalue weighted by molar-refractivity contribution is 7.88. The Morgan fingerprint density at radius 3 is 2.50 bits per heavy atom. The Hall–Kier alpha value is -2.52. The molecule has 0 atom stereocenters. The first-order valence-corrected chi connectivity index (χ1v) is 10.2. The zero-order chi connectivity index (χ0) is 18.3. The van der Waals surface area contributed by atoms with Crippen LogP contribution in [0, 0.1) is 0 Å². The average Bonchev–Trinajstić information content (AvgIpc) is 2.97. The maximum absolute atomic E-state index is 12.1. The molecule has 8 nitrogen and oxygen atoms in total. The number of nitrogens with zero attached hydrogens (tertiary/aromatic N) is 4. The molecule has 0 bridgehead atoms. The van der Waals surface area contributed by atoms with Gasteiger partial charge in [0.25, 0.3) is 0 Å². The first kappa shape index (κ1) is 16.9. The van der Waals surface area contributed by atoms with E-state index >= 15 is 0 Å². The molecule has 1 fully saturated rings. The summed E-state index contributed by atoms with van der Waals surface area (Å²) < 4.78 is 31.3. The summed E-state index contributed by atoms with van der Waals surface area (Å²) in [6, 6.07) is 7.14. The third-order valence-corrected chi connectivity index (χ3v) is 6.02. The van der Waals surface area contributed by atoms with E-state index in [1.54, 1.807) is 30.6 Å². The number of rotatable bonds is 3. The molecular weight excluding hydrogens is 356 g/mol. The number of para-hydroxylation sites is 2. The van der Waals surface area contributed by atoms with Gasteiger partial charge < -0.3 is 4.42 Å². The highest BCUT2D eigenvalue weighted by Gasteiger charge is 2.26. The van der Waals surface area contributed by atoms with Gasteiger partial charge in [-0.1, -0.05) is 12.1 Å². The molecule has 0 N–H and O–H groups in total. The van der Waals surface area contributed by atoms with E-state index in [2.05, 4.69) is 9.97 Å². The highest BCUT2D eigenvalue weighted by atomic mass is 32.2. The summed E-state index contributed by atoms with van der Waals surface area (Å²) in [5, 5.41) is 0. The summed E-state index contributed by atoms with van der Waals surface area (Å²) in [6.07, 6.45) is 5.85. The Kier molecular flexibility index (Phi) is 4.12. The molecule has 0 spiro atoms. The summed E-state index contributed by atoms with van der Waals surface area (Å²) >= 11 is 0. The highest BCUT2D eigenvalue weighted by Crippen LogP contribution is 2.27. The van der Waals surface area contributed by atoms with Gasteiger partial charge in [-0.05, 0) is 25.0 Å². The summed E-state index contributed by atoms with van der Waals surface area (Å²) in [4.78, 5) is 21.0. The Labute approximate surface area is 150 Å². The fourth-order valence-electron chi connectivity index (χ4n) is 3.32. The van der Waals surface area contributed by atoms with Gasteiger partial charge in [0.15, 0.2) is 11.4 Å². The van der Waals surface area contributed by atoms with Gasteiger partial charge in [0, 0.05) is 19.0 Å². The Morgan fingerprint density at radius 2 is 1.85 bits per heavy atom. The standard InChI is InChI=1S/C17H18N4O4S/c1-26(23,24)20-8-6-12(7-9-20)13-10-19-16(11-18-13)21-14-4-2-3-5-15(14)25-17(21)22/h2-5,10-12H,6-9H2,1H3. The van der Waals surface area contributed by atoms with Crippen LogP contribution in [0.25, 0.3) is 16.9 Å². The lowest BCUT2D eigenvalue weighted by Gasteiger charge is -2.29. The fraction of sp³-hybridized carbons (Fsp3) is 0.353. The first-order valence-electron chi connectivity index (χ1n) is 8.31. The van der Waals surface area contributed by atoms with E-state index in [0.717, 1.165) is 5.69 Å².